The van der Waals surface area contributed by atoms with Crippen LogP contribution in [0.4, 0.5) is 0 Å². The average Bonchev–Trinajstić information content (AvgIpc) is 2.28. The van der Waals surface area contributed by atoms with Crippen LogP contribution in [0.2, 0.25) is 0 Å². The van der Waals surface area contributed by atoms with Gasteiger partial charge in [-0.2, -0.15) is 0 Å². The molecule has 78 valence electrons. The van der Waals surface area contributed by atoms with Crippen LogP contribution in [0.25, 0.3) is 5.03 Å². The van der Waals surface area contributed by atoms with Crippen LogP contribution in [0.5, 0.6) is 0 Å². The van der Waals surface area contributed by atoms with Crippen LogP contribution in [-0.2, 0) is 0 Å². The second-order valence-electron chi connectivity index (χ2n) is 3.29. The SMILES string of the molecule is C#CCC(O)/C(C)=C(\Cl)c1ccccc1. The molecule has 2 heteroatoms. The lowest BCUT2D eigenvalue weighted by molar-refractivity contribution is 0.218. The van der Waals surface area contributed by atoms with E-state index in [1.54, 1.807) is 6.92 Å². The monoisotopic (exact) mass is 220 g/mol. The van der Waals surface area contributed by atoms with Gasteiger partial charge in [-0.3, -0.25) is 0 Å². The number of benzene rings is 1. The molecule has 0 saturated carbocycles. The molecular formula is C13H13ClO. The van der Waals surface area contributed by atoms with Gasteiger partial charge in [0.25, 0.3) is 0 Å². The van der Waals surface area contributed by atoms with Crippen LogP contribution in [-0.4, -0.2) is 11.2 Å². The molecule has 0 aromatic heterocycles. The van der Waals surface area contributed by atoms with Gasteiger partial charge < -0.3 is 5.11 Å². The maximum Gasteiger partial charge on any atom is 0.0873 e. The molecule has 1 aromatic rings. The Labute approximate surface area is 95.4 Å². The molecule has 0 heterocycles. The van der Waals surface area contributed by atoms with Gasteiger partial charge in [-0.1, -0.05) is 41.9 Å². The summed E-state index contributed by atoms with van der Waals surface area (Å²) in [5.41, 5.74) is 1.61. The van der Waals surface area contributed by atoms with E-state index in [0.29, 0.717) is 10.6 Å². The maximum absolute atomic E-state index is 9.66. The first-order chi connectivity index (χ1) is 7.16. The third-order valence-electron chi connectivity index (χ3n) is 2.18. The quantitative estimate of drug-likeness (QED) is 0.777. The summed E-state index contributed by atoms with van der Waals surface area (Å²) in [5, 5.41) is 10.2. The minimum absolute atomic E-state index is 0.287. The highest BCUT2D eigenvalue weighted by Crippen LogP contribution is 2.25. The van der Waals surface area contributed by atoms with Crippen LogP contribution in [0.3, 0.4) is 0 Å². The highest BCUT2D eigenvalue weighted by molar-refractivity contribution is 6.49. The Morgan fingerprint density at radius 3 is 2.60 bits per heavy atom. The molecule has 1 nitrogen and oxygen atoms in total. The predicted molar refractivity (Wildman–Crippen MR) is 64.3 cm³/mol. The molecule has 1 atom stereocenters. The minimum atomic E-state index is -0.664. The van der Waals surface area contributed by atoms with Gasteiger partial charge in [-0.05, 0) is 18.1 Å². The first-order valence-electron chi connectivity index (χ1n) is 4.70. The number of hydrogen-bond donors (Lipinski definition) is 1. The molecule has 1 unspecified atom stereocenters. The molecule has 0 saturated heterocycles. The standard InChI is InChI=1S/C13H13ClO/c1-3-7-12(15)10(2)13(14)11-8-5-4-6-9-11/h1,4-6,8-9,12,15H,7H2,2H3/b13-10-. The Balaban J connectivity index is 2.96. The van der Waals surface area contributed by atoms with Gasteiger partial charge in [0.15, 0.2) is 0 Å². The summed E-state index contributed by atoms with van der Waals surface area (Å²) in [6.45, 7) is 1.79. The van der Waals surface area contributed by atoms with E-state index >= 15 is 0 Å². The van der Waals surface area contributed by atoms with Crippen LogP contribution in [0.1, 0.15) is 18.9 Å². The molecular weight excluding hydrogens is 208 g/mol. The highest BCUT2D eigenvalue weighted by atomic mass is 35.5. The molecule has 15 heavy (non-hydrogen) atoms. The smallest absolute Gasteiger partial charge is 0.0873 e. The molecule has 1 N–H and O–H groups in total. The van der Waals surface area contributed by atoms with Crippen molar-refractivity contribution in [3.8, 4) is 12.3 Å². The van der Waals surface area contributed by atoms with E-state index in [0.717, 1.165) is 5.56 Å². The van der Waals surface area contributed by atoms with Crippen LogP contribution in [0, 0.1) is 12.3 Å². The van der Waals surface area contributed by atoms with Crippen molar-refractivity contribution < 1.29 is 5.11 Å². The maximum atomic E-state index is 9.66. The van der Waals surface area contributed by atoms with Crippen molar-refractivity contribution in [2.45, 2.75) is 19.4 Å². The molecule has 1 aromatic carbocycles. The van der Waals surface area contributed by atoms with Crippen molar-refractivity contribution in [3.63, 3.8) is 0 Å². The summed E-state index contributed by atoms with van der Waals surface area (Å²) >= 11 is 6.14. The van der Waals surface area contributed by atoms with Gasteiger partial charge in [0.1, 0.15) is 0 Å². The zero-order chi connectivity index (χ0) is 11.3. The molecule has 0 aliphatic carbocycles. The number of aliphatic hydroxyl groups excluding tert-OH is 1. The van der Waals surface area contributed by atoms with Crippen LogP contribution < -0.4 is 0 Å². The lowest BCUT2D eigenvalue weighted by atomic mass is 10.1. The number of aliphatic hydroxyl groups is 1. The van der Waals surface area contributed by atoms with Crippen molar-refractivity contribution in [2.75, 3.05) is 0 Å². The highest BCUT2D eigenvalue weighted by Gasteiger charge is 2.10. The summed E-state index contributed by atoms with van der Waals surface area (Å²) < 4.78 is 0. The third kappa shape index (κ3) is 3.13. The summed E-state index contributed by atoms with van der Waals surface area (Å²) in [6.07, 6.45) is 4.75. The number of rotatable bonds is 3. The number of hydrogen-bond acceptors (Lipinski definition) is 1. The van der Waals surface area contributed by atoms with Crippen LogP contribution >= 0.6 is 11.6 Å². The van der Waals surface area contributed by atoms with Crippen LogP contribution in [0.15, 0.2) is 35.9 Å². The van der Waals surface area contributed by atoms with Gasteiger partial charge in [0.2, 0.25) is 0 Å². The average molecular weight is 221 g/mol. The summed E-state index contributed by atoms with van der Waals surface area (Å²) in [7, 11) is 0. The van der Waals surface area contributed by atoms with E-state index < -0.39 is 6.10 Å². The Morgan fingerprint density at radius 1 is 1.47 bits per heavy atom. The largest absolute Gasteiger partial charge is 0.388 e. The lowest BCUT2D eigenvalue weighted by Crippen LogP contribution is -2.07. The first kappa shape index (κ1) is 11.8. The summed E-state index contributed by atoms with van der Waals surface area (Å²) in [5.74, 6) is 2.41. The van der Waals surface area contributed by atoms with Crippen molar-refractivity contribution in [1.82, 2.24) is 0 Å². The normalized spacial score (nSPS) is 14.0. The molecule has 0 fully saturated rings. The van der Waals surface area contributed by atoms with E-state index in [1.165, 1.54) is 0 Å². The first-order valence-corrected chi connectivity index (χ1v) is 5.07. The van der Waals surface area contributed by atoms with Crippen molar-refractivity contribution in [3.05, 3.63) is 41.5 Å². The van der Waals surface area contributed by atoms with E-state index in [2.05, 4.69) is 5.92 Å². The topological polar surface area (TPSA) is 20.2 Å². The van der Waals surface area contributed by atoms with Gasteiger partial charge in [-0.15, -0.1) is 12.3 Å². The van der Waals surface area contributed by atoms with Crippen molar-refractivity contribution >= 4 is 16.6 Å². The van der Waals surface area contributed by atoms with Crippen molar-refractivity contribution in [2.24, 2.45) is 0 Å². The second-order valence-corrected chi connectivity index (χ2v) is 3.67. The van der Waals surface area contributed by atoms with E-state index in [-0.39, 0.29) is 6.42 Å². The van der Waals surface area contributed by atoms with E-state index in [1.807, 2.05) is 30.3 Å². The number of halogens is 1. The van der Waals surface area contributed by atoms with E-state index in [9.17, 15) is 5.11 Å². The minimum Gasteiger partial charge on any atom is -0.388 e. The molecule has 0 spiro atoms. The second kappa shape index (κ2) is 5.60. The number of terminal acetylenes is 1. The molecule has 1 rings (SSSR count). The van der Waals surface area contributed by atoms with Gasteiger partial charge in [-0.25, -0.2) is 0 Å². The molecule has 0 bridgehead atoms. The van der Waals surface area contributed by atoms with Gasteiger partial charge >= 0.3 is 0 Å². The molecule has 0 aliphatic heterocycles. The zero-order valence-electron chi connectivity index (χ0n) is 8.57. The fourth-order valence-electron chi connectivity index (χ4n) is 1.22. The van der Waals surface area contributed by atoms with Gasteiger partial charge in [0.05, 0.1) is 6.10 Å². The predicted octanol–water partition coefficient (Wildman–Crippen LogP) is 3.04. The summed E-state index contributed by atoms with van der Waals surface area (Å²) in [4.78, 5) is 0. The van der Waals surface area contributed by atoms with Crippen molar-refractivity contribution in [1.29, 1.82) is 0 Å². The summed E-state index contributed by atoms with van der Waals surface area (Å²) in [6, 6.07) is 9.51. The Kier molecular flexibility index (Phi) is 4.42. The van der Waals surface area contributed by atoms with E-state index in [4.69, 9.17) is 18.0 Å². The van der Waals surface area contributed by atoms with Gasteiger partial charge in [0, 0.05) is 11.5 Å². The fourth-order valence-corrected chi connectivity index (χ4v) is 1.48. The Morgan fingerprint density at radius 2 is 2.07 bits per heavy atom. The lowest BCUT2D eigenvalue weighted by Gasteiger charge is -2.10. The zero-order valence-corrected chi connectivity index (χ0v) is 9.33. The molecule has 0 aliphatic rings. The Bertz CT molecular complexity index is 387. The fraction of sp³-hybridized carbons (Fsp3) is 0.231. The Hall–Kier alpha value is -1.23. The molecule has 0 amide bonds. The third-order valence-corrected chi connectivity index (χ3v) is 2.70. The molecule has 0 radical (unpaired) electrons.